The Hall–Kier alpha value is -3.30. The van der Waals surface area contributed by atoms with Gasteiger partial charge in [0, 0.05) is 54.4 Å². The lowest BCUT2D eigenvalue weighted by Gasteiger charge is -2.37. The highest BCUT2D eigenvalue weighted by Gasteiger charge is 2.37. The number of carbonyl (C=O) groups excluding carboxylic acids is 2. The van der Waals surface area contributed by atoms with Crippen LogP contribution in [0.4, 0.5) is 5.69 Å². The van der Waals surface area contributed by atoms with Gasteiger partial charge in [-0.1, -0.05) is 17.7 Å². The monoisotopic (exact) mass is 603 g/mol. The van der Waals surface area contributed by atoms with Crippen molar-refractivity contribution in [1.29, 1.82) is 0 Å². The van der Waals surface area contributed by atoms with Gasteiger partial charge in [-0.25, -0.2) is 4.98 Å². The number of aromatic nitrogens is 1. The summed E-state index contributed by atoms with van der Waals surface area (Å²) in [5, 5.41) is 13.4. The van der Waals surface area contributed by atoms with E-state index < -0.39 is 5.60 Å². The lowest BCUT2D eigenvalue weighted by molar-refractivity contribution is -0.126. The molecule has 0 unspecified atom stereocenters. The van der Waals surface area contributed by atoms with E-state index in [1.807, 2.05) is 71.1 Å². The van der Waals surface area contributed by atoms with E-state index >= 15 is 0 Å². The van der Waals surface area contributed by atoms with Crippen molar-refractivity contribution in [2.24, 2.45) is 16.8 Å². The molecule has 1 saturated carbocycles. The summed E-state index contributed by atoms with van der Waals surface area (Å²) in [6.07, 6.45) is 7.64. The van der Waals surface area contributed by atoms with Gasteiger partial charge >= 0.3 is 0 Å². The third-order valence-electron chi connectivity index (χ3n) is 9.43. The number of piperidine rings is 1. The number of anilines is 1. The van der Waals surface area contributed by atoms with Gasteiger partial charge in [-0.05, 0) is 104 Å². The molecule has 1 aliphatic carbocycles. The lowest BCUT2D eigenvalue weighted by Crippen LogP contribution is -2.44. The van der Waals surface area contributed by atoms with E-state index in [-0.39, 0.29) is 29.8 Å². The first-order valence-electron chi connectivity index (χ1n) is 16.3. The summed E-state index contributed by atoms with van der Waals surface area (Å²) in [4.78, 5) is 39.9. The summed E-state index contributed by atoms with van der Waals surface area (Å²) in [5.74, 6) is 1.52. The maximum atomic E-state index is 13.3. The molecule has 2 fully saturated rings. The molecule has 3 heterocycles. The van der Waals surface area contributed by atoms with E-state index in [0.717, 1.165) is 80.8 Å². The van der Waals surface area contributed by atoms with Gasteiger partial charge < -0.3 is 20.1 Å². The van der Waals surface area contributed by atoms with Crippen LogP contribution in [0, 0.1) is 18.8 Å². The van der Waals surface area contributed by atoms with Crippen molar-refractivity contribution in [3.63, 3.8) is 0 Å². The molecule has 9 nitrogen and oxygen atoms in total. The van der Waals surface area contributed by atoms with Crippen LogP contribution < -0.4 is 15.0 Å². The van der Waals surface area contributed by atoms with Crippen molar-refractivity contribution < 1.29 is 19.4 Å². The average molecular weight is 604 g/mol. The molecule has 44 heavy (non-hydrogen) atoms. The number of rotatable bonds is 9. The minimum Gasteiger partial charge on any atom is -0.476 e. The van der Waals surface area contributed by atoms with Crippen molar-refractivity contribution in [2.75, 3.05) is 31.1 Å². The van der Waals surface area contributed by atoms with Gasteiger partial charge in [-0.15, -0.1) is 0 Å². The first-order chi connectivity index (χ1) is 21.0. The standard InChI is InChI=1S/C35H49N5O4/c1-23(2)37-33(41)25-9-11-29(12-10-25)40-30-21-32(44-18-17-39-15-13-28(14-16-39)35(4,5)43)36-22-27(30)20-31(40)38-34(42)26-8-6-7-24(3)19-26/h6-8,19,21-23,25,28-29,43H,9-18,20H2,1-5H3,(H,37,41). The molecule has 1 saturated heterocycles. The minimum absolute atomic E-state index is 0.00916. The Balaban J connectivity index is 1.29. The normalized spacial score (nSPS) is 22.3. The van der Waals surface area contributed by atoms with Crippen LogP contribution in [0.1, 0.15) is 87.7 Å². The Kier molecular flexibility index (Phi) is 10.1. The number of nitrogens with one attached hydrogen (secondary N) is 1. The van der Waals surface area contributed by atoms with Gasteiger partial charge in [0.25, 0.3) is 5.91 Å². The highest BCUT2D eigenvalue weighted by molar-refractivity contribution is 6.12. The Labute approximate surface area is 262 Å². The molecule has 3 aliphatic rings. The van der Waals surface area contributed by atoms with E-state index in [4.69, 9.17) is 4.74 Å². The van der Waals surface area contributed by atoms with Crippen LogP contribution in [0.3, 0.4) is 0 Å². The molecule has 0 spiro atoms. The number of amidine groups is 1. The maximum absolute atomic E-state index is 13.3. The fourth-order valence-corrected chi connectivity index (χ4v) is 6.89. The van der Waals surface area contributed by atoms with E-state index in [2.05, 4.69) is 25.1 Å². The number of carbonyl (C=O) groups is 2. The Bertz CT molecular complexity index is 1350. The molecule has 1 aromatic carbocycles. The zero-order valence-corrected chi connectivity index (χ0v) is 27.0. The highest BCUT2D eigenvalue weighted by atomic mass is 16.5. The minimum atomic E-state index is -0.630. The molecule has 0 radical (unpaired) electrons. The molecule has 2 aliphatic heterocycles. The maximum Gasteiger partial charge on any atom is 0.278 e. The first-order valence-corrected chi connectivity index (χ1v) is 16.3. The number of amides is 2. The van der Waals surface area contributed by atoms with Gasteiger partial charge in [0.15, 0.2) is 0 Å². The number of aliphatic imine (C=N–C) groups is 1. The average Bonchev–Trinajstić information content (AvgIpc) is 3.33. The van der Waals surface area contributed by atoms with Gasteiger partial charge in [0.1, 0.15) is 12.4 Å². The van der Waals surface area contributed by atoms with Gasteiger partial charge in [0.05, 0.1) is 11.3 Å². The number of likely N-dealkylation sites (tertiary alicyclic amines) is 1. The van der Waals surface area contributed by atoms with Gasteiger partial charge in [-0.2, -0.15) is 4.99 Å². The van der Waals surface area contributed by atoms with Gasteiger partial charge in [0.2, 0.25) is 11.8 Å². The highest BCUT2D eigenvalue weighted by Crippen LogP contribution is 2.38. The number of benzene rings is 1. The molecule has 238 valence electrons. The third-order valence-corrected chi connectivity index (χ3v) is 9.43. The van der Waals surface area contributed by atoms with E-state index in [9.17, 15) is 14.7 Å². The second-order valence-corrected chi connectivity index (χ2v) is 13.7. The van der Waals surface area contributed by atoms with Crippen LogP contribution in [0.2, 0.25) is 0 Å². The number of nitrogens with zero attached hydrogens (tertiary/aromatic N) is 4. The van der Waals surface area contributed by atoms with Crippen LogP contribution in [0.25, 0.3) is 0 Å². The number of aliphatic hydroxyl groups is 1. The van der Waals surface area contributed by atoms with Crippen molar-refractivity contribution in [2.45, 2.75) is 97.2 Å². The SMILES string of the molecule is Cc1cccc(C(=O)N=C2Cc3cnc(OCCN4CCC(C(C)(C)O)CC4)cc3N2C2CCC(C(=O)NC(C)C)CC2)c1. The third kappa shape index (κ3) is 7.85. The number of aryl methyl sites for hydroxylation is 1. The molecule has 9 heteroatoms. The van der Waals surface area contributed by atoms with Crippen molar-refractivity contribution in [3.8, 4) is 5.88 Å². The van der Waals surface area contributed by atoms with E-state index in [0.29, 0.717) is 30.4 Å². The predicted octanol–water partition coefficient (Wildman–Crippen LogP) is 4.94. The van der Waals surface area contributed by atoms with Crippen LogP contribution in [0.15, 0.2) is 41.5 Å². The summed E-state index contributed by atoms with van der Waals surface area (Å²) >= 11 is 0. The summed E-state index contributed by atoms with van der Waals surface area (Å²) in [6.45, 7) is 13.0. The molecule has 0 bridgehead atoms. The summed E-state index contributed by atoms with van der Waals surface area (Å²) in [7, 11) is 0. The Morgan fingerprint density at radius 3 is 2.50 bits per heavy atom. The molecule has 1 aromatic heterocycles. The van der Waals surface area contributed by atoms with E-state index in [1.165, 1.54) is 0 Å². The number of ether oxygens (including phenoxy) is 1. The van der Waals surface area contributed by atoms with Crippen molar-refractivity contribution in [3.05, 3.63) is 53.2 Å². The van der Waals surface area contributed by atoms with Crippen molar-refractivity contribution >= 4 is 23.3 Å². The van der Waals surface area contributed by atoms with E-state index in [1.54, 1.807) is 0 Å². The van der Waals surface area contributed by atoms with Crippen LogP contribution in [0.5, 0.6) is 5.88 Å². The smallest absolute Gasteiger partial charge is 0.278 e. The second kappa shape index (κ2) is 13.8. The molecule has 2 N–H and O–H groups in total. The Morgan fingerprint density at radius 1 is 1.11 bits per heavy atom. The number of fused-ring (bicyclic) bond motifs is 1. The number of hydrogen-bond acceptors (Lipinski definition) is 6. The lowest BCUT2D eigenvalue weighted by atomic mass is 9.83. The molecule has 0 atom stereocenters. The van der Waals surface area contributed by atoms with Crippen LogP contribution >= 0.6 is 0 Å². The zero-order chi connectivity index (χ0) is 31.4. The summed E-state index contributed by atoms with van der Waals surface area (Å²) in [5.41, 5.74) is 2.99. The molecular weight excluding hydrogens is 554 g/mol. The topological polar surface area (TPSA) is 107 Å². The molecular formula is C35H49N5O4. The van der Waals surface area contributed by atoms with Crippen LogP contribution in [-0.2, 0) is 11.2 Å². The second-order valence-electron chi connectivity index (χ2n) is 13.7. The number of pyridine rings is 1. The Morgan fingerprint density at radius 2 is 1.84 bits per heavy atom. The fourth-order valence-electron chi connectivity index (χ4n) is 6.89. The quantitative estimate of drug-likeness (QED) is 0.418. The largest absolute Gasteiger partial charge is 0.476 e. The molecule has 5 rings (SSSR count). The molecule has 2 aromatic rings. The van der Waals surface area contributed by atoms with Crippen molar-refractivity contribution in [1.82, 2.24) is 15.2 Å². The van der Waals surface area contributed by atoms with Gasteiger partial charge in [-0.3, -0.25) is 14.5 Å². The van der Waals surface area contributed by atoms with Crippen LogP contribution in [-0.4, -0.2) is 76.6 Å². The number of hydrogen-bond donors (Lipinski definition) is 2. The predicted molar refractivity (Wildman–Crippen MR) is 173 cm³/mol. The fraction of sp³-hybridized carbons (Fsp3) is 0.600. The zero-order valence-electron chi connectivity index (χ0n) is 27.0. The summed E-state index contributed by atoms with van der Waals surface area (Å²) in [6, 6.07) is 9.80. The first kappa shape index (κ1) is 32.1. The summed E-state index contributed by atoms with van der Waals surface area (Å²) < 4.78 is 6.16. The molecule has 2 amide bonds.